The Bertz CT molecular complexity index is 1140. The predicted octanol–water partition coefficient (Wildman–Crippen LogP) is 4.32. The number of anilines is 3. The molecule has 3 aromatic heterocycles. The summed E-state index contributed by atoms with van der Waals surface area (Å²) in [6, 6.07) is 11.2. The maximum absolute atomic E-state index is 12.9. The largest absolute Gasteiger partial charge is 0.353 e. The van der Waals surface area contributed by atoms with E-state index in [1.807, 2.05) is 37.4 Å². The van der Waals surface area contributed by atoms with Gasteiger partial charge in [0, 0.05) is 25.0 Å². The van der Waals surface area contributed by atoms with Gasteiger partial charge in [-0.2, -0.15) is 0 Å². The summed E-state index contributed by atoms with van der Waals surface area (Å²) in [5.41, 5.74) is 6.17. The number of hydrogen-bond acceptors (Lipinski definition) is 8. The van der Waals surface area contributed by atoms with Crippen LogP contribution in [-0.2, 0) is 6.54 Å². The van der Waals surface area contributed by atoms with Gasteiger partial charge in [0.05, 0.1) is 47.2 Å². The van der Waals surface area contributed by atoms with Crippen LogP contribution in [-0.4, -0.2) is 37.0 Å². The molecule has 4 aromatic rings. The fourth-order valence-corrected chi connectivity index (χ4v) is 3.00. The Morgan fingerprint density at radius 3 is 2.42 bits per heavy atom. The van der Waals surface area contributed by atoms with Gasteiger partial charge in [-0.1, -0.05) is 11.6 Å². The zero-order valence-corrected chi connectivity index (χ0v) is 17.3. The van der Waals surface area contributed by atoms with E-state index < -0.39 is 5.82 Å². The first-order chi connectivity index (χ1) is 15.1. The second-order valence-electron chi connectivity index (χ2n) is 6.62. The van der Waals surface area contributed by atoms with E-state index in [9.17, 15) is 4.39 Å². The normalized spacial score (nSPS) is 10.8. The number of nitrogens with zero attached hydrogens (tertiary/aromatic N) is 6. The number of pyridine rings is 1. The van der Waals surface area contributed by atoms with Crippen molar-refractivity contribution in [1.82, 2.24) is 29.9 Å². The predicted molar refractivity (Wildman–Crippen MR) is 117 cm³/mol. The molecule has 4 rings (SSSR count). The van der Waals surface area contributed by atoms with Gasteiger partial charge < -0.3 is 5.32 Å². The van der Waals surface area contributed by atoms with Crippen LogP contribution in [0.1, 0.15) is 5.69 Å². The van der Waals surface area contributed by atoms with Gasteiger partial charge in [-0.3, -0.25) is 10.4 Å². The van der Waals surface area contributed by atoms with Crippen molar-refractivity contribution in [1.29, 1.82) is 0 Å². The van der Waals surface area contributed by atoms with Crippen LogP contribution in [0.5, 0.6) is 0 Å². The Labute approximate surface area is 183 Å². The highest BCUT2D eigenvalue weighted by molar-refractivity contribution is 6.33. The number of halogens is 2. The molecule has 0 atom stereocenters. The van der Waals surface area contributed by atoms with Gasteiger partial charge in [0.1, 0.15) is 0 Å². The standard InChI is InChI=1S/C21H18ClFN8/c1-31(30-21-27-10-15(23)11-28-21)13-17-5-4-16(12-26-17)29-19-6-3-14(9-18(19)22)20-24-7-2-8-25-20/h2-12,29H,13H2,1H3,(H,27,28,30). The SMILES string of the molecule is CN(Cc1ccc(Nc2ccc(-c3ncccn3)cc2Cl)cn1)Nc1ncc(F)cn1. The van der Waals surface area contributed by atoms with Crippen molar-refractivity contribution in [3.63, 3.8) is 0 Å². The first kappa shape index (κ1) is 20.6. The fourth-order valence-electron chi connectivity index (χ4n) is 2.77. The number of benzene rings is 1. The second-order valence-corrected chi connectivity index (χ2v) is 7.03. The average molecular weight is 437 g/mol. The van der Waals surface area contributed by atoms with Crippen molar-refractivity contribution in [2.45, 2.75) is 6.54 Å². The van der Waals surface area contributed by atoms with E-state index in [0.29, 0.717) is 23.3 Å². The zero-order chi connectivity index (χ0) is 21.6. The van der Waals surface area contributed by atoms with E-state index in [-0.39, 0.29) is 0 Å². The molecule has 1 aromatic carbocycles. The lowest BCUT2D eigenvalue weighted by atomic mass is 10.2. The van der Waals surface area contributed by atoms with E-state index in [0.717, 1.165) is 35.0 Å². The van der Waals surface area contributed by atoms with Gasteiger partial charge in [-0.05, 0) is 36.4 Å². The van der Waals surface area contributed by atoms with Crippen LogP contribution in [0.2, 0.25) is 5.02 Å². The number of aromatic nitrogens is 5. The summed E-state index contributed by atoms with van der Waals surface area (Å²) < 4.78 is 12.9. The third-order valence-electron chi connectivity index (χ3n) is 4.21. The highest BCUT2D eigenvalue weighted by atomic mass is 35.5. The van der Waals surface area contributed by atoms with Crippen LogP contribution < -0.4 is 10.7 Å². The molecule has 0 radical (unpaired) electrons. The molecule has 0 amide bonds. The highest BCUT2D eigenvalue weighted by Gasteiger charge is 2.08. The molecule has 0 saturated heterocycles. The maximum atomic E-state index is 12.9. The van der Waals surface area contributed by atoms with Crippen LogP contribution in [0.25, 0.3) is 11.4 Å². The van der Waals surface area contributed by atoms with Gasteiger partial charge in [0.2, 0.25) is 5.95 Å². The summed E-state index contributed by atoms with van der Waals surface area (Å²) >= 11 is 6.43. The number of rotatable bonds is 7. The first-order valence-electron chi connectivity index (χ1n) is 9.31. The highest BCUT2D eigenvalue weighted by Crippen LogP contribution is 2.29. The molecule has 10 heteroatoms. The average Bonchev–Trinajstić information content (AvgIpc) is 2.78. The summed E-state index contributed by atoms with van der Waals surface area (Å²) in [5, 5.41) is 5.56. The quantitative estimate of drug-likeness (QED) is 0.414. The molecule has 31 heavy (non-hydrogen) atoms. The van der Waals surface area contributed by atoms with E-state index in [1.54, 1.807) is 29.7 Å². The van der Waals surface area contributed by atoms with Crippen molar-refractivity contribution in [3.05, 3.63) is 83.9 Å². The molecule has 3 heterocycles. The number of hydrazine groups is 1. The molecule has 0 saturated carbocycles. The third-order valence-corrected chi connectivity index (χ3v) is 4.52. The van der Waals surface area contributed by atoms with E-state index in [1.165, 1.54) is 0 Å². The zero-order valence-electron chi connectivity index (χ0n) is 16.5. The Hall–Kier alpha value is -3.69. The van der Waals surface area contributed by atoms with Crippen molar-refractivity contribution >= 4 is 28.9 Å². The van der Waals surface area contributed by atoms with Crippen LogP contribution in [0, 0.1) is 5.82 Å². The van der Waals surface area contributed by atoms with Crippen LogP contribution >= 0.6 is 11.6 Å². The molecule has 0 bridgehead atoms. The minimum atomic E-state index is -0.485. The van der Waals surface area contributed by atoms with E-state index in [4.69, 9.17) is 11.6 Å². The number of nitrogens with one attached hydrogen (secondary N) is 2. The minimum absolute atomic E-state index is 0.307. The maximum Gasteiger partial charge on any atom is 0.237 e. The molecule has 2 N–H and O–H groups in total. The van der Waals surface area contributed by atoms with Crippen LogP contribution in [0.15, 0.2) is 67.4 Å². The molecular formula is C21H18ClFN8. The minimum Gasteiger partial charge on any atom is -0.353 e. The van der Waals surface area contributed by atoms with Gasteiger partial charge in [0.25, 0.3) is 0 Å². The summed E-state index contributed by atoms with van der Waals surface area (Å²) in [6.07, 6.45) is 7.31. The molecule has 0 fully saturated rings. The summed E-state index contributed by atoms with van der Waals surface area (Å²) in [4.78, 5) is 20.7. The van der Waals surface area contributed by atoms with Gasteiger partial charge in [-0.25, -0.2) is 29.3 Å². The van der Waals surface area contributed by atoms with Crippen LogP contribution in [0.4, 0.5) is 21.7 Å². The molecule has 0 aliphatic heterocycles. The summed E-state index contributed by atoms with van der Waals surface area (Å²) in [6.45, 7) is 0.494. The van der Waals surface area contributed by atoms with Crippen molar-refractivity contribution < 1.29 is 4.39 Å². The van der Waals surface area contributed by atoms with Crippen molar-refractivity contribution in [2.75, 3.05) is 17.8 Å². The van der Waals surface area contributed by atoms with Gasteiger partial charge >= 0.3 is 0 Å². The third kappa shape index (κ3) is 5.47. The second kappa shape index (κ2) is 9.41. The Balaban J connectivity index is 1.37. The Kier molecular flexibility index (Phi) is 6.25. The topological polar surface area (TPSA) is 91.8 Å². The van der Waals surface area contributed by atoms with E-state index >= 15 is 0 Å². The lowest BCUT2D eigenvalue weighted by Crippen LogP contribution is -2.26. The Morgan fingerprint density at radius 2 is 1.74 bits per heavy atom. The molecule has 0 aliphatic carbocycles. The smallest absolute Gasteiger partial charge is 0.237 e. The molecule has 156 valence electrons. The van der Waals surface area contributed by atoms with Gasteiger partial charge in [-0.15, -0.1) is 0 Å². The molecule has 0 unspecified atom stereocenters. The Morgan fingerprint density at radius 1 is 0.968 bits per heavy atom. The van der Waals surface area contributed by atoms with E-state index in [2.05, 4.69) is 35.7 Å². The summed E-state index contributed by atoms with van der Waals surface area (Å²) in [5.74, 6) is 0.438. The monoisotopic (exact) mass is 436 g/mol. The fraction of sp³-hybridized carbons (Fsp3) is 0.0952. The first-order valence-corrected chi connectivity index (χ1v) is 9.69. The number of hydrogen-bond donors (Lipinski definition) is 2. The van der Waals surface area contributed by atoms with Crippen molar-refractivity contribution in [2.24, 2.45) is 0 Å². The lowest BCUT2D eigenvalue weighted by molar-refractivity contribution is 0.385. The molecular weight excluding hydrogens is 419 g/mol. The molecule has 0 aliphatic rings. The molecule has 8 nitrogen and oxygen atoms in total. The lowest BCUT2D eigenvalue weighted by Gasteiger charge is -2.17. The molecule has 0 spiro atoms. The van der Waals surface area contributed by atoms with Gasteiger partial charge in [0.15, 0.2) is 11.6 Å². The van der Waals surface area contributed by atoms with Crippen molar-refractivity contribution in [3.8, 4) is 11.4 Å². The summed E-state index contributed by atoms with van der Waals surface area (Å²) in [7, 11) is 1.82. The van der Waals surface area contributed by atoms with Crippen LogP contribution in [0.3, 0.4) is 0 Å².